The molecule has 1 aliphatic heterocycles. The highest BCUT2D eigenvalue weighted by Crippen LogP contribution is 2.33. The molecule has 5 rings (SSSR count). The third kappa shape index (κ3) is 3.77. The van der Waals surface area contributed by atoms with Crippen molar-refractivity contribution in [2.75, 3.05) is 18.0 Å². The molecular weight excluding hydrogens is 378 g/mol. The summed E-state index contributed by atoms with van der Waals surface area (Å²) in [5.41, 5.74) is 3.53. The molecule has 2 aliphatic rings. The van der Waals surface area contributed by atoms with E-state index in [1.807, 2.05) is 18.2 Å². The maximum Gasteiger partial charge on any atom is 0.223 e. The summed E-state index contributed by atoms with van der Waals surface area (Å²) >= 11 is 0. The molecule has 0 unspecified atom stereocenters. The molecule has 1 amide bonds. The molecule has 0 radical (unpaired) electrons. The molecule has 0 bridgehead atoms. The van der Waals surface area contributed by atoms with Gasteiger partial charge in [0, 0.05) is 35.8 Å². The largest absolute Gasteiger partial charge is 0.356 e. The van der Waals surface area contributed by atoms with E-state index in [-0.39, 0.29) is 11.8 Å². The molecule has 3 heterocycles. The van der Waals surface area contributed by atoms with Gasteiger partial charge in [0.25, 0.3) is 0 Å². The SMILES string of the molecule is O=C(NCc1ncn[nH]1)C1CCN(c2nc(-c3ccccc3)nc3c2CCC3)CC1. The molecule has 8 heteroatoms. The van der Waals surface area contributed by atoms with Crippen LogP contribution in [0.2, 0.25) is 0 Å². The highest BCUT2D eigenvalue weighted by molar-refractivity contribution is 5.79. The van der Waals surface area contributed by atoms with Gasteiger partial charge in [0.2, 0.25) is 5.91 Å². The third-order valence-corrected chi connectivity index (χ3v) is 6.00. The fourth-order valence-corrected chi connectivity index (χ4v) is 4.38. The number of aromatic nitrogens is 5. The van der Waals surface area contributed by atoms with Crippen molar-refractivity contribution in [3.63, 3.8) is 0 Å². The van der Waals surface area contributed by atoms with Crippen LogP contribution in [-0.4, -0.2) is 44.1 Å². The van der Waals surface area contributed by atoms with Crippen molar-refractivity contribution in [2.24, 2.45) is 5.92 Å². The minimum Gasteiger partial charge on any atom is -0.356 e. The van der Waals surface area contributed by atoms with Crippen LogP contribution in [0.3, 0.4) is 0 Å². The van der Waals surface area contributed by atoms with Gasteiger partial charge in [-0.3, -0.25) is 9.89 Å². The average Bonchev–Trinajstić information content (AvgIpc) is 3.49. The van der Waals surface area contributed by atoms with Gasteiger partial charge in [-0.1, -0.05) is 30.3 Å². The second-order valence-electron chi connectivity index (χ2n) is 7.93. The number of piperidine rings is 1. The minimum atomic E-state index is 0.0210. The highest BCUT2D eigenvalue weighted by Gasteiger charge is 2.29. The summed E-state index contributed by atoms with van der Waals surface area (Å²) in [6.45, 7) is 2.05. The van der Waals surface area contributed by atoms with Gasteiger partial charge in [-0.15, -0.1) is 0 Å². The van der Waals surface area contributed by atoms with Crippen LogP contribution in [0.5, 0.6) is 0 Å². The summed E-state index contributed by atoms with van der Waals surface area (Å²) in [6.07, 6.45) is 6.28. The zero-order valence-electron chi connectivity index (χ0n) is 16.8. The van der Waals surface area contributed by atoms with Gasteiger partial charge in [0.05, 0.1) is 6.54 Å². The van der Waals surface area contributed by atoms with Gasteiger partial charge < -0.3 is 10.2 Å². The fourth-order valence-electron chi connectivity index (χ4n) is 4.38. The number of fused-ring (bicyclic) bond motifs is 1. The number of hydrogen-bond acceptors (Lipinski definition) is 6. The summed E-state index contributed by atoms with van der Waals surface area (Å²) in [5, 5.41) is 9.54. The van der Waals surface area contributed by atoms with E-state index in [9.17, 15) is 4.79 Å². The number of hydrogen-bond donors (Lipinski definition) is 2. The Balaban J connectivity index is 1.29. The maximum atomic E-state index is 12.5. The molecule has 2 aromatic heterocycles. The zero-order chi connectivity index (χ0) is 20.3. The molecule has 1 fully saturated rings. The van der Waals surface area contributed by atoms with Crippen LogP contribution in [0.4, 0.5) is 5.82 Å². The summed E-state index contributed by atoms with van der Waals surface area (Å²) in [4.78, 5) is 28.8. The van der Waals surface area contributed by atoms with Crippen molar-refractivity contribution in [3.05, 3.63) is 53.7 Å². The fraction of sp³-hybridized carbons (Fsp3) is 0.409. The normalized spacial score (nSPS) is 16.5. The molecule has 0 saturated carbocycles. The van der Waals surface area contributed by atoms with E-state index in [2.05, 4.69) is 37.5 Å². The highest BCUT2D eigenvalue weighted by atomic mass is 16.1. The number of aryl methyl sites for hydroxylation is 1. The molecule has 8 nitrogen and oxygen atoms in total. The number of carbonyl (C=O) groups excluding carboxylic acids is 1. The lowest BCUT2D eigenvalue weighted by Crippen LogP contribution is -2.41. The minimum absolute atomic E-state index is 0.0210. The van der Waals surface area contributed by atoms with Crippen molar-refractivity contribution in [1.29, 1.82) is 0 Å². The first-order chi connectivity index (χ1) is 14.8. The molecule has 0 spiro atoms. The first kappa shape index (κ1) is 18.7. The van der Waals surface area contributed by atoms with Gasteiger partial charge in [0.1, 0.15) is 18.0 Å². The van der Waals surface area contributed by atoms with Gasteiger partial charge in [-0.25, -0.2) is 15.0 Å². The Morgan fingerprint density at radius 2 is 1.97 bits per heavy atom. The van der Waals surface area contributed by atoms with Crippen molar-refractivity contribution < 1.29 is 4.79 Å². The quantitative estimate of drug-likeness (QED) is 0.678. The van der Waals surface area contributed by atoms with E-state index in [1.165, 1.54) is 17.6 Å². The molecule has 30 heavy (non-hydrogen) atoms. The van der Waals surface area contributed by atoms with Gasteiger partial charge in [-0.2, -0.15) is 5.10 Å². The van der Waals surface area contributed by atoms with Crippen LogP contribution >= 0.6 is 0 Å². The van der Waals surface area contributed by atoms with Crippen molar-refractivity contribution >= 4 is 11.7 Å². The topological polar surface area (TPSA) is 99.7 Å². The van der Waals surface area contributed by atoms with Crippen LogP contribution in [0.25, 0.3) is 11.4 Å². The Kier molecular flexibility index (Phi) is 5.13. The summed E-state index contributed by atoms with van der Waals surface area (Å²) in [5.74, 6) is 2.65. The van der Waals surface area contributed by atoms with Crippen molar-refractivity contribution in [2.45, 2.75) is 38.6 Å². The first-order valence-electron chi connectivity index (χ1n) is 10.6. The predicted molar refractivity (Wildman–Crippen MR) is 113 cm³/mol. The number of amides is 1. The van der Waals surface area contributed by atoms with E-state index in [1.54, 1.807) is 0 Å². The molecule has 2 N–H and O–H groups in total. The summed E-state index contributed by atoms with van der Waals surface area (Å²) < 4.78 is 0. The van der Waals surface area contributed by atoms with Gasteiger partial charge >= 0.3 is 0 Å². The predicted octanol–water partition coefficient (Wildman–Crippen LogP) is 2.28. The second kappa shape index (κ2) is 8.22. The van der Waals surface area contributed by atoms with Crippen LogP contribution in [-0.2, 0) is 24.2 Å². The monoisotopic (exact) mass is 403 g/mol. The van der Waals surface area contributed by atoms with Crippen LogP contribution < -0.4 is 10.2 Å². The molecule has 154 valence electrons. The zero-order valence-corrected chi connectivity index (χ0v) is 16.8. The van der Waals surface area contributed by atoms with Crippen molar-refractivity contribution in [1.82, 2.24) is 30.5 Å². The van der Waals surface area contributed by atoms with Crippen LogP contribution in [0.15, 0.2) is 36.7 Å². The number of carbonyl (C=O) groups is 1. The Morgan fingerprint density at radius 1 is 1.13 bits per heavy atom. The Morgan fingerprint density at radius 3 is 2.73 bits per heavy atom. The molecule has 1 aliphatic carbocycles. The molecule has 1 saturated heterocycles. The van der Waals surface area contributed by atoms with Crippen molar-refractivity contribution in [3.8, 4) is 11.4 Å². The van der Waals surface area contributed by atoms with E-state index in [0.29, 0.717) is 12.4 Å². The Bertz CT molecular complexity index is 1010. The standard InChI is InChI=1S/C22H25N7O/c30-22(23-13-19-24-14-25-28-19)16-9-11-29(12-10-16)21-17-7-4-8-18(17)26-20(27-21)15-5-2-1-3-6-15/h1-3,5-6,14,16H,4,7-13H2,(H,23,30)(H,24,25,28). The molecular formula is C22H25N7O. The lowest BCUT2D eigenvalue weighted by Gasteiger charge is -2.33. The number of benzene rings is 1. The maximum absolute atomic E-state index is 12.5. The number of rotatable bonds is 5. The third-order valence-electron chi connectivity index (χ3n) is 6.00. The van der Waals surface area contributed by atoms with Crippen LogP contribution in [0, 0.1) is 5.92 Å². The second-order valence-corrected chi connectivity index (χ2v) is 7.93. The average molecular weight is 403 g/mol. The summed E-state index contributed by atoms with van der Waals surface area (Å²) in [7, 11) is 0. The number of nitrogens with zero attached hydrogens (tertiary/aromatic N) is 5. The molecule has 3 aromatic rings. The van der Waals surface area contributed by atoms with Crippen LogP contribution in [0.1, 0.15) is 36.3 Å². The number of H-pyrrole nitrogens is 1. The molecule has 1 aromatic carbocycles. The lowest BCUT2D eigenvalue weighted by atomic mass is 9.95. The number of nitrogens with one attached hydrogen (secondary N) is 2. The van der Waals surface area contributed by atoms with E-state index < -0.39 is 0 Å². The Hall–Kier alpha value is -3.29. The molecule has 0 atom stereocenters. The lowest BCUT2D eigenvalue weighted by molar-refractivity contribution is -0.125. The van der Waals surface area contributed by atoms with Gasteiger partial charge in [-0.05, 0) is 32.1 Å². The smallest absolute Gasteiger partial charge is 0.223 e. The van der Waals surface area contributed by atoms with E-state index in [0.717, 1.165) is 62.4 Å². The van der Waals surface area contributed by atoms with E-state index in [4.69, 9.17) is 9.97 Å². The first-order valence-corrected chi connectivity index (χ1v) is 10.6. The number of anilines is 1. The summed E-state index contributed by atoms with van der Waals surface area (Å²) in [6, 6.07) is 10.2. The van der Waals surface area contributed by atoms with E-state index >= 15 is 0 Å². The van der Waals surface area contributed by atoms with Gasteiger partial charge in [0.15, 0.2) is 5.82 Å². The Labute approximate surface area is 175 Å². The number of aromatic amines is 1.